The number of methoxy groups -OCH3 is 1. The van der Waals surface area contributed by atoms with Crippen LogP contribution >= 0.6 is 0 Å². The first-order valence-electron chi connectivity index (χ1n) is 16.1. The van der Waals surface area contributed by atoms with E-state index in [1.54, 1.807) is 36.3 Å². The van der Waals surface area contributed by atoms with Crippen LogP contribution in [0.3, 0.4) is 0 Å². The fourth-order valence-electron chi connectivity index (χ4n) is 5.93. The second-order valence-electron chi connectivity index (χ2n) is 11.7. The topological polar surface area (TPSA) is 97.8 Å². The molecule has 1 amide bonds. The average molecular weight is 629 g/mol. The van der Waals surface area contributed by atoms with Gasteiger partial charge < -0.3 is 29.0 Å². The molecule has 9 heteroatoms. The summed E-state index contributed by atoms with van der Waals surface area (Å²) in [5.74, 6) is 0.151. The maximum Gasteiger partial charge on any atom is 0.295 e. The highest BCUT2D eigenvalue weighted by molar-refractivity contribution is 6.46. The fourth-order valence-corrected chi connectivity index (χ4v) is 5.93. The van der Waals surface area contributed by atoms with Crippen LogP contribution in [0.1, 0.15) is 54.5 Å². The van der Waals surface area contributed by atoms with Crippen molar-refractivity contribution in [2.24, 2.45) is 0 Å². The standard InChI is InChI=1S/C37H44N2O7/c1-4-5-20-45-29-13-14-30(26(2)23-29)35(40)33-34(39(37(42)36(33)41)17-9-16-38-18-21-44-22-19-38)28-12-15-31(32(24-28)43-3)46-25-27-10-7-6-8-11-27/h6-8,10-15,23-24,34,40H,4-5,9,16-22,25H2,1-3H3/b35-33+. The van der Waals surface area contributed by atoms with E-state index in [0.717, 1.165) is 43.6 Å². The molecule has 0 bridgehead atoms. The third-order valence-electron chi connectivity index (χ3n) is 8.48. The summed E-state index contributed by atoms with van der Waals surface area (Å²) in [6.07, 6.45) is 2.63. The summed E-state index contributed by atoms with van der Waals surface area (Å²) < 4.78 is 23.1. The van der Waals surface area contributed by atoms with E-state index in [2.05, 4.69) is 11.8 Å². The van der Waals surface area contributed by atoms with Crippen molar-refractivity contribution in [2.75, 3.05) is 53.1 Å². The summed E-state index contributed by atoms with van der Waals surface area (Å²) in [5, 5.41) is 11.7. The highest BCUT2D eigenvalue weighted by atomic mass is 16.5. The maximum absolute atomic E-state index is 13.7. The van der Waals surface area contributed by atoms with Gasteiger partial charge in [0.25, 0.3) is 11.7 Å². The number of hydrogen-bond acceptors (Lipinski definition) is 8. The second kappa shape index (κ2) is 15.8. The molecule has 0 aromatic heterocycles. The van der Waals surface area contributed by atoms with Gasteiger partial charge in [-0.15, -0.1) is 0 Å². The number of aliphatic hydroxyl groups excluding tert-OH is 1. The predicted octanol–water partition coefficient (Wildman–Crippen LogP) is 5.91. The summed E-state index contributed by atoms with van der Waals surface area (Å²) in [7, 11) is 1.56. The minimum atomic E-state index is -0.804. The van der Waals surface area contributed by atoms with Crippen LogP contribution in [0.15, 0.2) is 72.3 Å². The van der Waals surface area contributed by atoms with Crippen molar-refractivity contribution in [3.05, 3.63) is 94.6 Å². The van der Waals surface area contributed by atoms with Crippen molar-refractivity contribution in [2.45, 2.75) is 45.8 Å². The quantitative estimate of drug-likeness (QED) is 0.102. The van der Waals surface area contributed by atoms with Crippen molar-refractivity contribution < 1.29 is 33.6 Å². The number of likely N-dealkylation sites (tertiary alicyclic amines) is 1. The molecule has 2 fully saturated rings. The number of unbranched alkanes of at least 4 members (excludes halogenated alkanes) is 1. The number of amides is 1. The lowest BCUT2D eigenvalue weighted by Gasteiger charge is -2.29. The Bertz CT molecular complexity index is 1530. The lowest BCUT2D eigenvalue weighted by Crippen LogP contribution is -2.39. The van der Waals surface area contributed by atoms with Gasteiger partial charge in [-0.1, -0.05) is 49.7 Å². The van der Waals surface area contributed by atoms with Crippen molar-refractivity contribution >= 4 is 17.4 Å². The molecule has 1 atom stereocenters. The molecule has 2 aliphatic rings. The lowest BCUT2D eigenvalue weighted by molar-refractivity contribution is -0.140. The van der Waals surface area contributed by atoms with Crippen LogP contribution in [-0.4, -0.2) is 79.7 Å². The molecule has 3 aromatic carbocycles. The number of morpholine rings is 1. The zero-order chi connectivity index (χ0) is 32.5. The molecule has 5 rings (SSSR count). The molecule has 0 aliphatic carbocycles. The van der Waals surface area contributed by atoms with Crippen molar-refractivity contribution in [3.8, 4) is 17.2 Å². The van der Waals surface area contributed by atoms with Gasteiger partial charge in [0, 0.05) is 31.7 Å². The summed E-state index contributed by atoms with van der Waals surface area (Å²) in [6, 6.07) is 19.8. The number of ketones is 1. The SMILES string of the molecule is CCCCOc1ccc(/C(O)=C2\C(=O)C(=O)N(CCCN3CCOCC3)C2c2ccc(OCc3ccccc3)c(OC)c2)c(C)c1. The summed E-state index contributed by atoms with van der Waals surface area (Å²) in [5.41, 5.74) is 2.94. The van der Waals surface area contributed by atoms with E-state index in [0.29, 0.717) is 67.8 Å². The zero-order valence-corrected chi connectivity index (χ0v) is 27.0. The van der Waals surface area contributed by atoms with Gasteiger partial charge in [0.05, 0.1) is 38.5 Å². The van der Waals surface area contributed by atoms with Gasteiger partial charge in [-0.3, -0.25) is 14.5 Å². The normalized spacial score (nSPS) is 18.2. The highest BCUT2D eigenvalue weighted by Gasteiger charge is 2.46. The molecular weight excluding hydrogens is 584 g/mol. The number of ether oxygens (including phenoxy) is 4. The summed E-state index contributed by atoms with van der Waals surface area (Å²) in [6.45, 7) is 9.08. The van der Waals surface area contributed by atoms with Gasteiger partial charge in [0.1, 0.15) is 18.1 Å². The number of nitrogens with zero attached hydrogens (tertiary/aromatic N) is 2. The molecule has 46 heavy (non-hydrogen) atoms. The molecule has 9 nitrogen and oxygen atoms in total. The largest absolute Gasteiger partial charge is 0.507 e. The molecule has 2 heterocycles. The van der Waals surface area contributed by atoms with Crippen LogP contribution in [0.5, 0.6) is 17.2 Å². The molecule has 2 saturated heterocycles. The number of aryl methyl sites for hydroxylation is 1. The van der Waals surface area contributed by atoms with E-state index >= 15 is 0 Å². The number of Topliss-reactive ketones (excluding diaryl/α,β-unsaturated/α-hetero) is 1. The Balaban J connectivity index is 1.48. The fraction of sp³-hybridized carbons (Fsp3) is 0.405. The molecule has 0 radical (unpaired) electrons. The molecule has 3 aromatic rings. The van der Waals surface area contributed by atoms with Gasteiger partial charge >= 0.3 is 0 Å². The monoisotopic (exact) mass is 628 g/mol. The van der Waals surface area contributed by atoms with Crippen molar-refractivity contribution in [3.63, 3.8) is 0 Å². The molecule has 1 unspecified atom stereocenters. The number of hydrogen-bond donors (Lipinski definition) is 1. The van der Waals surface area contributed by atoms with Gasteiger partial charge in [-0.25, -0.2) is 0 Å². The Labute approximate surface area is 271 Å². The maximum atomic E-state index is 13.7. The highest BCUT2D eigenvalue weighted by Crippen LogP contribution is 2.42. The molecule has 244 valence electrons. The Morgan fingerprint density at radius 3 is 2.43 bits per heavy atom. The third-order valence-corrected chi connectivity index (χ3v) is 8.48. The molecule has 0 saturated carbocycles. The Morgan fingerprint density at radius 1 is 0.935 bits per heavy atom. The van der Waals surface area contributed by atoms with Crippen LogP contribution in [-0.2, 0) is 20.9 Å². The minimum absolute atomic E-state index is 0.0548. The second-order valence-corrected chi connectivity index (χ2v) is 11.7. The van der Waals surface area contributed by atoms with E-state index in [4.69, 9.17) is 18.9 Å². The third kappa shape index (κ3) is 7.71. The Hall–Kier alpha value is -4.34. The van der Waals surface area contributed by atoms with Gasteiger partial charge in [0.2, 0.25) is 0 Å². The van der Waals surface area contributed by atoms with Crippen LogP contribution in [0.2, 0.25) is 0 Å². The van der Waals surface area contributed by atoms with E-state index in [1.807, 2.05) is 49.4 Å². The van der Waals surface area contributed by atoms with Crippen LogP contribution < -0.4 is 14.2 Å². The molecular formula is C37H44N2O7. The summed E-state index contributed by atoms with van der Waals surface area (Å²) >= 11 is 0. The first-order chi connectivity index (χ1) is 22.4. The Kier molecular flexibility index (Phi) is 11.3. The van der Waals surface area contributed by atoms with E-state index in [9.17, 15) is 14.7 Å². The molecule has 1 N–H and O–H groups in total. The van der Waals surface area contributed by atoms with Gasteiger partial charge in [0.15, 0.2) is 11.5 Å². The van der Waals surface area contributed by atoms with Crippen LogP contribution in [0, 0.1) is 6.92 Å². The van der Waals surface area contributed by atoms with Crippen molar-refractivity contribution in [1.29, 1.82) is 0 Å². The van der Waals surface area contributed by atoms with Crippen LogP contribution in [0.25, 0.3) is 5.76 Å². The minimum Gasteiger partial charge on any atom is -0.507 e. The number of rotatable bonds is 14. The smallest absolute Gasteiger partial charge is 0.295 e. The average Bonchev–Trinajstić information content (AvgIpc) is 3.33. The van der Waals surface area contributed by atoms with Gasteiger partial charge in [-0.05, 0) is 66.8 Å². The Morgan fingerprint density at radius 2 is 1.72 bits per heavy atom. The predicted molar refractivity (Wildman–Crippen MR) is 176 cm³/mol. The van der Waals surface area contributed by atoms with Crippen LogP contribution in [0.4, 0.5) is 0 Å². The number of benzene rings is 3. The first kappa shape index (κ1) is 33.0. The first-order valence-corrected chi connectivity index (χ1v) is 16.1. The number of carbonyl (C=O) groups is 2. The number of aliphatic hydroxyl groups is 1. The van der Waals surface area contributed by atoms with Crippen molar-refractivity contribution in [1.82, 2.24) is 9.80 Å². The van der Waals surface area contributed by atoms with E-state index in [1.165, 1.54) is 0 Å². The zero-order valence-electron chi connectivity index (χ0n) is 27.0. The molecule has 2 aliphatic heterocycles. The van der Waals surface area contributed by atoms with E-state index < -0.39 is 17.7 Å². The summed E-state index contributed by atoms with van der Waals surface area (Å²) in [4.78, 5) is 31.2. The van der Waals surface area contributed by atoms with E-state index in [-0.39, 0.29) is 11.3 Å². The molecule has 0 spiro atoms. The van der Waals surface area contributed by atoms with Gasteiger partial charge in [-0.2, -0.15) is 0 Å². The lowest BCUT2D eigenvalue weighted by atomic mass is 9.93. The number of carbonyl (C=O) groups excluding carboxylic acids is 2.